The molecule has 0 saturated heterocycles. The highest BCUT2D eigenvalue weighted by molar-refractivity contribution is 9.10. The molecule has 1 atom stereocenters. The summed E-state index contributed by atoms with van der Waals surface area (Å²) < 4.78 is 30.5. The molecule has 1 amide bonds. The number of carbonyl (C=O) groups excluding carboxylic acids is 1. The third kappa shape index (κ3) is 5.71. The van der Waals surface area contributed by atoms with Gasteiger partial charge in [-0.25, -0.2) is 4.39 Å². The van der Waals surface area contributed by atoms with Crippen LogP contribution in [0.15, 0.2) is 40.9 Å². The zero-order valence-electron chi connectivity index (χ0n) is 14.8. The lowest BCUT2D eigenvalue weighted by atomic mass is 10.2. The Hall–Kier alpha value is -2.12. The number of ether oxygens (including phenoxy) is 3. The predicted octanol–water partition coefficient (Wildman–Crippen LogP) is 4.33. The zero-order valence-corrected chi connectivity index (χ0v) is 16.4. The monoisotopic (exact) mass is 425 g/mol. The van der Waals surface area contributed by atoms with Crippen molar-refractivity contribution in [3.63, 3.8) is 0 Å². The Morgan fingerprint density at radius 3 is 2.58 bits per heavy atom. The Balaban J connectivity index is 1.96. The number of amides is 1. The van der Waals surface area contributed by atoms with Crippen LogP contribution in [-0.4, -0.2) is 32.3 Å². The lowest BCUT2D eigenvalue weighted by Gasteiger charge is -2.16. The number of anilines is 1. The maximum atomic E-state index is 14.0. The maximum Gasteiger partial charge on any atom is 0.265 e. The molecule has 7 heteroatoms. The van der Waals surface area contributed by atoms with Crippen LogP contribution in [0, 0.1) is 12.7 Å². The van der Waals surface area contributed by atoms with Gasteiger partial charge in [-0.1, -0.05) is 6.07 Å². The Kier molecular flexibility index (Phi) is 7.41. The summed E-state index contributed by atoms with van der Waals surface area (Å²) in [6.07, 6.45) is -0.755. The van der Waals surface area contributed by atoms with Crippen LogP contribution >= 0.6 is 15.9 Å². The summed E-state index contributed by atoms with van der Waals surface area (Å²) in [7, 11) is 1.54. The molecule has 0 bridgehead atoms. The first-order valence-electron chi connectivity index (χ1n) is 8.05. The molecule has 0 saturated carbocycles. The topological polar surface area (TPSA) is 56.8 Å². The van der Waals surface area contributed by atoms with Gasteiger partial charge in [0.15, 0.2) is 17.7 Å². The van der Waals surface area contributed by atoms with Crippen molar-refractivity contribution in [2.45, 2.75) is 20.0 Å². The van der Waals surface area contributed by atoms with Crippen LogP contribution in [0.3, 0.4) is 0 Å². The van der Waals surface area contributed by atoms with Crippen molar-refractivity contribution in [3.8, 4) is 11.5 Å². The van der Waals surface area contributed by atoms with E-state index in [4.69, 9.17) is 14.2 Å². The van der Waals surface area contributed by atoms with Gasteiger partial charge in [0.1, 0.15) is 12.4 Å². The first kappa shape index (κ1) is 20.2. The van der Waals surface area contributed by atoms with Gasteiger partial charge in [-0.3, -0.25) is 4.79 Å². The van der Waals surface area contributed by atoms with Gasteiger partial charge in [0.2, 0.25) is 0 Å². The van der Waals surface area contributed by atoms with Crippen molar-refractivity contribution in [3.05, 3.63) is 52.3 Å². The van der Waals surface area contributed by atoms with E-state index in [0.717, 1.165) is 10.0 Å². The van der Waals surface area contributed by atoms with Gasteiger partial charge >= 0.3 is 0 Å². The Morgan fingerprint density at radius 1 is 1.19 bits per heavy atom. The molecule has 0 aliphatic carbocycles. The lowest BCUT2D eigenvalue weighted by molar-refractivity contribution is -0.122. The van der Waals surface area contributed by atoms with Crippen LogP contribution in [0.25, 0.3) is 0 Å². The Bertz CT molecular complexity index is 769. The second-order valence-electron chi connectivity index (χ2n) is 5.67. The molecule has 2 aromatic rings. The number of hydrogen-bond acceptors (Lipinski definition) is 4. The highest BCUT2D eigenvalue weighted by Gasteiger charge is 2.17. The summed E-state index contributed by atoms with van der Waals surface area (Å²) in [5.41, 5.74) is 1.40. The number of benzene rings is 2. The standard InChI is InChI=1S/C19H21BrFNO4/c1-12-4-6-17(15(20)10-12)26-13(2)19(23)22-14-5-7-18(16(21)11-14)25-9-8-24-3/h4-7,10-11,13H,8-9H2,1-3H3,(H,22,23). The maximum absolute atomic E-state index is 14.0. The summed E-state index contributed by atoms with van der Waals surface area (Å²) in [4.78, 5) is 12.3. The number of hydrogen-bond donors (Lipinski definition) is 1. The quantitative estimate of drug-likeness (QED) is 0.639. The molecule has 0 spiro atoms. The molecule has 1 unspecified atom stereocenters. The fraction of sp³-hybridized carbons (Fsp3) is 0.316. The second kappa shape index (κ2) is 9.54. The summed E-state index contributed by atoms with van der Waals surface area (Å²) in [6.45, 7) is 4.19. The SMILES string of the molecule is COCCOc1ccc(NC(=O)C(C)Oc2ccc(C)cc2Br)cc1F. The van der Waals surface area contributed by atoms with Gasteiger partial charge in [-0.15, -0.1) is 0 Å². The highest BCUT2D eigenvalue weighted by Crippen LogP contribution is 2.27. The minimum atomic E-state index is -0.755. The number of methoxy groups -OCH3 is 1. The lowest BCUT2D eigenvalue weighted by Crippen LogP contribution is -2.30. The average Bonchev–Trinajstić information content (AvgIpc) is 2.59. The van der Waals surface area contributed by atoms with Crippen LogP contribution in [-0.2, 0) is 9.53 Å². The number of carbonyl (C=O) groups is 1. The van der Waals surface area contributed by atoms with Crippen LogP contribution < -0.4 is 14.8 Å². The smallest absolute Gasteiger partial charge is 0.265 e. The summed E-state index contributed by atoms with van der Waals surface area (Å²) in [5.74, 6) is -0.280. The van der Waals surface area contributed by atoms with Crippen molar-refractivity contribution in [2.24, 2.45) is 0 Å². The van der Waals surface area contributed by atoms with Crippen molar-refractivity contribution < 1.29 is 23.4 Å². The van der Waals surface area contributed by atoms with E-state index >= 15 is 0 Å². The number of halogens is 2. The molecule has 0 fully saturated rings. The van der Waals surface area contributed by atoms with Gasteiger partial charge in [0.05, 0.1) is 11.1 Å². The summed E-state index contributed by atoms with van der Waals surface area (Å²) >= 11 is 3.41. The van der Waals surface area contributed by atoms with Crippen LogP contribution in [0.4, 0.5) is 10.1 Å². The van der Waals surface area contributed by atoms with E-state index < -0.39 is 11.9 Å². The minimum absolute atomic E-state index is 0.105. The summed E-state index contributed by atoms with van der Waals surface area (Å²) in [5, 5.41) is 2.63. The van der Waals surface area contributed by atoms with E-state index in [0.29, 0.717) is 18.0 Å². The molecule has 0 aromatic heterocycles. The molecule has 0 aliphatic heterocycles. The zero-order chi connectivity index (χ0) is 19.1. The number of aryl methyl sites for hydroxylation is 1. The van der Waals surface area contributed by atoms with Crippen LogP contribution in [0.1, 0.15) is 12.5 Å². The highest BCUT2D eigenvalue weighted by atomic mass is 79.9. The molecule has 0 radical (unpaired) electrons. The molecular formula is C19H21BrFNO4. The Morgan fingerprint density at radius 2 is 1.92 bits per heavy atom. The van der Waals surface area contributed by atoms with E-state index in [9.17, 15) is 9.18 Å². The van der Waals surface area contributed by atoms with Gasteiger partial charge < -0.3 is 19.5 Å². The van der Waals surface area contributed by atoms with Gasteiger partial charge in [-0.05, 0) is 59.6 Å². The molecule has 2 aromatic carbocycles. The van der Waals surface area contributed by atoms with Crippen molar-refractivity contribution >= 4 is 27.5 Å². The third-order valence-electron chi connectivity index (χ3n) is 3.50. The predicted molar refractivity (Wildman–Crippen MR) is 101 cm³/mol. The van der Waals surface area contributed by atoms with Crippen LogP contribution in [0.2, 0.25) is 0 Å². The normalized spacial score (nSPS) is 11.7. The third-order valence-corrected chi connectivity index (χ3v) is 4.12. The van der Waals surface area contributed by atoms with Gasteiger partial charge in [0, 0.05) is 18.9 Å². The molecule has 0 heterocycles. The first-order valence-corrected chi connectivity index (χ1v) is 8.85. The number of rotatable bonds is 8. The van der Waals surface area contributed by atoms with Gasteiger partial charge in [-0.2, -0.15) is 0 Å². The molecule has 1 N–H and O–H groups in total. The molecule has 5 nitrogen and oxygen atoms in total. The largest absolute Gasteiger partial charge is 0.488 e. The van der Waals surface area contributed by atoms with E-state index in [-0.39, 0.29) is 18.3 Å². The number of nitrogens with one attached hydrogen (secondary N) is 1. The van der Waals surface area contributed by atoms with E-state index in [1.165, 1.54) is 19.2 Å². The fourth-order valence-electron chi connectivity index (χ4n) is 2.12. The van der Waals surface area contributed by atoms with E-state index in [1.807, 2.05) is 19.1 Å². The molecule has 140 valence electrons. The fourth-order valence-corrected chi connectivity index (χ4v) is 2.71. The average molecular weight is 426 g/mol. The first-order chi connectivity index (χ1) is 12.4. The van der Waals surface area contributed by atoms with Gasteiger partial charge in [0.25, 0.3) is 5.91 Å². The summed E-state index contributed by atoms with van der Waals surface area (Å²) in [6, 6.07) is 9.81. The minimum Gasteiger partial charge on any atom is -0.488 e. The molecule has 0 aliphatic rings. The molecule has 2 rings (SSSR count). The van der Waals surface area contributed by atoms with E-state index in [2.05, 4.69) is 21.2 Å². The molecular weight excluding hydrogens is 405 g/mol. The molecule has 26 heavy (non-hydrogen) atoms. The van der Waals surface area contributed by atoms with E-state index in [1.54, 1.807) is 19.1 Å². The van der Waals surface area contributed by atoms with Crippen molar-refractivity contribution in [1.29, 1.82) is 0 Å². The second-order valence-corrected chi connectivity index (χ2v) is 6.52. The Labute approximate surface area is 160 Å². The van der Waals surface area contributed by atoms with Crippen LogP contribution in [0.5, 0.6) is 11.5 Å². The van der Waals surface area contributed by atoms with Crippen molar-refractivity contribution in [1.82, 2.24) is 0 Å². The van der Waals surface area contributed by atoms with Crippen molar-refractivity contribution in [2.75, 3.05) is 25.6 Å².